The second-order valence-electron chi connectivity index (χ2n) is 5.82. The summed E-state index contributed by atoms with van der Waals surface area (Å²) in [4.78, 5) is 16.3. The van der Waals surface area contributed by atoms with Crippen LogP contribution < -0.4 is 10.1 Å². The zero-order valence-electron chi connectivity index (χ0n) is 15.2. The van der Waals surface area contributed by atoms with Crippen LogP contribution in [0.3, 0.4) is 0 Å². The molecule has 1 aromatic carbocycles. The zero-order valence-corrected chi connectivity index (χ0v) is 16.0. The maximum atomic E-state index is 12.3. The van der Waals surface area contributed by atoms with E-state index in [9.17, 15) is 10.1 Å². The fourth-order valence-electron chi connectivity index (χ4n) is 2.83. The fourth-order valence-corrected chi connectivity index (χ4v) is 3.36. The number of nitriles is 1. The number of amides is 1. The first-order valence-corrected chi connectivity index (χ1v) is 9.07. The monoisotopic (exact) mass is 378 g/mol. The Morgan fingerprint density at radius 2 is 2.19 bits per heavy atom. The number of hydrogen-bond acceptors (Lipinski definition) is 5. The van der Waals surface area contributed by atoms with Crippen LogP contribution in [0.5, 0.6) is 5.75 Å². The standard InChI is InChI=1S/C20H18N4O2S/c1-13-9-15(10-16(12-21)19(25)23-20-22-7-8-27-20)14(2)24(13)17-5-4-6-18(11-17)26-3/h4-11H,1-3H3,(H,22,23,25)/b16-10-. The molecule has 1 amide bonds. The first kappa shape index (κ1) is 18.4. The Labute approximate surface area is 161 Å². The van der Waals surface area contributed by atoms with E-state index in [2.05, 4.69) is 14.9 Å². The second kappa shape index (κ2) is 7.89. The molecule has 2 aromatic heterocycles. The molecular weight excluding hydrogens is 360 g/mol. The van der Waals surface area contributed by atoms with Gasteiger partial charge in [0.05, 0.1) is 7.11 Å². The highest BCUT2D eigenvalue weighted by Gasteiger charge is 2.15. The summed E-state index contributed by atoms with van der Waals surface area (Å²) in [6.45, 7) is 3.93. The van der Waals surface area contributed by atoms with Crippen molar-refractivity contribution in [2.75, 3.05) is 12.4 Å². The number of hydrogen-bond donors (Lipinski definition) is 1. The van der Waals surface area contributed by atoms with E-state index >= 15 is 0 Å². The summed E-state index contributed by atoms with van der Waals surface area (Å²) in [5.74, 6) is 0.288. The molecule has 7 heteroatoms. The number of benzene rings is 1. The molecule has 0 aliphatic carbocycles. The van der Waals surface area contributed by atoms with E-state index < -0.39 is 5.91 Å². The average Bonchev–Trinajstić information content (AvgIpc) is 3.27. The molecule has 0 saturated heterocycles. The summed E-state index contributed by atoms with van der Waals surface area (Å²) >= 11 is 1.30. The summed E-state index contributed by atoms with van der Waals surface area (Å²) in [5, 5.41) is 14.3. The lowest BCUT2D eigenvalue weighted by Gasteiger charge is -2.11. The summed E-state index contributed by atoms with van der Waals surface area (Å²) in [7, 11) is 1.63. The summed E-state index contributed by atoms with van der Waals surface area (Å²) in [6, 6.07) is 11.6. The summed E-state index contributed by atoms with van der Waals surface area (Å²) in [6.07, 6.45) is 3.19. The molecule has 2 heterocycles. The fraction of sp³-hybridized carbons (Fsp3) is 0.150. The lowest BCUT2D eigenvalue weighted by atomic mass is 10.1. The zero-order chi connectivity index (χ0) is 19.4. The number of rotatable bonds is 5. The van der Waals surface area contributed by atoms with E-state index in [-0.39, 0.29) is 5.57 Å². The number of aromatic nitrogens is 2. The Morgan fingerprint density at radius 3 is 2.85 bits per heavy atom. The van der Waals surface area contributed by atoms with Crippen molar-refractivity contribution in [1.29, 1.82) is 5.26 Å². The molecule has 0 aliphatic heterocycles. The van der Waals surface area contributed by atoms with Crippen LogP contribution in [0.1, 0.15) is 17.0 Å². The predicted octanol–water partition coefficient (Wildman–Crippen LogP) is 4.10. The summed E-state index contributed by atoms with van der Waals surface area (Å²) in [5.41, 5.74) is 3.70. The number of thiazole rings is 1. The average molecular weight is 378 g/mol. The number of anilines is 1. The van der Waals surface area contributed by atoms with Gasteiger partial charge < -0.3 is 9.30 Å². The van der Waals surface area contributed by atoms with Gasteiger partial charge in [-0.25, -0.2) is 4.98 Å². The highest BCUT2D eigenvalue weighted by Crippen LogP contribution is 2.25. The number of carbonyl (C=O) groups is 1. The normalized spacial score (nSPS) is 11.1. The van der Waals surface area contributed by atoms with E-state index in [1.54, 1.807) is 24.8 Å². The maximum Gasteiger partial charge on any atom is 0.268 e. The van der Waals surface area contributed by atoms with Crippen LogP contribution >= 0.6 is 11.3 Å². The van der Waals surface area contributed by atoms with Gasteiger partial charge in [-0.2, -0.15) is 5.26 Å². The molecule has 0 unspecified atom stereocenters. The maximum absolute atomic E-state index is 12.3. The largest absolute Gasteiger partial charge is 0.497 e. The number of methoxy groups -OCH3 is 1. The van der Waals surface area contributed by atoms with Crippen molar-refractivity contribution < 1.29 is 9.53 Å². The Kier molecular flexibility index (Phi) is 5.38. The third-order valence-electron chi connectivity index (χ3n) is 4.10. The van der Waals surface area contributed by atoms with Crippen molar-refractivity contribution in [3.05, 3.63) is 64.4 Å². The molecule has 3 rings (SSSR count). The first-order valence-electron chi connectivity index (χ1n) is 8.19. The van der Waals surface area contributed by atoms with Crippen molar-refractivity contribution in [2.45, 2.75) is 13.8 Å². The number of ether oxygens (including phenoxy) is 1. The molecule has 0 spiro atoms. The molecule has 6 nitrogen and oxygen atoms in total. The van der Waals surface area contributed by atoms with Crippen LogP contribution in [0.2, 0.25) is 0 Å². The Balaban J connectivity index is 1.96. The third kappa shape index (κ3) is 3.91. The van der Waals surface area contributed by atoms with Gasteiger partial charge in [0, 0.05) is 34.7 Å². The van der Waals surface area contributed by atoms with E-state index in [0.29, 0.717) is 5.13 Å². The van der Waals surface area contributed by atoms with Crippen molar-refractivity contribution in [3.63, 3.8) is 0 Å². The minimum absolute atomic E-state index is 0.0242. The van der Waals surface area contributed by atoms with Crippen LogP contribution in [0.15, 0.2) is 47.5 Å². The van der Waals surface area contributed by atoms with Crippen molar-refractivity contribution >= 4 is 28.5 Å². The lowest BCUT2D eigenvalue weighted by Crippen LogP contribution is -2.13. The first-order chi connectivity index (χ1) is 13.0. The Hall–Kier alpha value is -3.37. The molecule has 0 saturated carbocycles. The van der Waals surface area contributed by atoms with Gasteiger partial charge in [-0.15, -0.1) is 11.3 Å². The van der Waals surface area contributed by atoms with Crippen molar-refractivity contribution in [1.82, 2.24) is 9.55 Å². The molecule has 0 atom stereocenters. The van der Waals surface area contributed by atoms with Crippen LogP contribution in [0, 0.1) is 25.2 Å². The number of nitrogens with zero attached hydrogens (tertiary/aromatic N) is 3. The number of nitrogens with one attached hydrogen (secondary N) is 1. The number of carbonyl (C=O) groups excluding carboxylic acids is 1. The predicted molar refractivity (Wildman–Crippen MR) is 106 cm³/mol. The second-order valence-corrected chi connectivity index (χ2v) is 6.72. The highest BCUT2D eigenvalue weighted by atomic mass is 32.1. The molecule has 0 bridgehead atoms. The van der Waals surface area contributed by atoms with Gasteiger partial charge in [0.15, 0.2) is 5.13 Å². The summed E-state index contributed by atoms with van der Waals surface area (Å²) < 4.78 is 7.36. The van der Waals surface area contributed by atoms with E-state index in [0.717, 1.165) is 28.4 Å². The van der Waals surface area contributed by atoms with Crippen LogP contribution in [-0.4, -0.2) is 22.6 Å². The molecule has 136 valence electrons. The molecule has 0 radical (unpaired) electrons. The van der Waals surface area contributed by atoms with Gasteiger partial charge in [-0.05, 0) is 43.7 Å². The molecule has 1 N–H and O–H groups in total. The van der Waals surface area contributed by atoms with Gasteiger partial charge in [0.1, 0.15) is 17.4 Å². The Bertz CT molecular complexity index is 1040. The smallest absolute Gasteiger partial charge is 0.268 e. The van der Waals surface area contributed by atoms with Crippen LogP contribution in [0.25, 0.3) is 11.8 Å². The van der Waals surface area contributed by atoms with Gasteiger partial charge in [-0.3, -0.25) is 10.1 Å². The minimum Gasteiger partial charge on any atom is -0.497 e. The molecule has 0 aliphatic rings. The molecule has 27 heavy (non-hydrogen) atoms. The van der Waals surface area contributed by atoms with E-state index in [4.69, 9.17) is 4.74 Å². The Morgan fingerprint density at radius 1 is 1.37 bits per heavy atom. The van der Waals surface area contributed by atoms with Crippen LogP contribution in [0.4, 0.5) is 5.13 Å². The van der Waals surface area contributed by atoms with Crippen molar-refractivity contribution in [3.8, 4) is 17.5 Å². The topological polar surface area (TPSA) is 79.9 Å². The SMILES string of the molecule is COc1cccc(-n2c(C)cc(/C=C(/C#N)C(=O)Nc3nccs3)c2C)c1. The molecule has 3 aromatic rings. The number of aryl methyl sites for hydroxylation is 1. The molecule has 0 fully saturated rings. The highest BCUT2D eigenvalue weighted by molar-refractivity contribution is 7.13. The lowest BCUT2D eigenvalue weighted by molar-refractivity contribution is -0.112. The van der Waals surface area contributed by atoms with Gasteiger partial charge >= 0.3 is 0 Å². The van der Waals surface area contributed by atoms with E-state index in [1.807, 2.05) is 50.2 Å². The quantitative estimate of drug-likeness (QED) is 0.535. The molecular formula is C20H18N4O2S. The van der Waals surface area contributed by atoms with Crippen molar-refractivity contribution in [2.24, 2.45) is 0 Å². The van der Waals surface area contributed by atoms with E-state index in [1.165, 1.54) is 11.3 Å². The van der Waals surface area contributed by atoms with Gasteiger partial charge in [0.25, 0.3) is 5.91 Å². The third-order valence-corrected chi connectivity index (χ3v) is 4.79. The minimum atomic E-state index is -0.473. The van der Waals surface area contributed by atoms with Gasteiger partial charge in [-0.1, -0.05) is 6.07 Å². The van der Waals surface area contributed by atoms with Crippen LogP contribution in [-0.2, 0) is 4.79 Å². The van der Waals surface area contributed by atoms with Gasteiger partial charge in [0.2, 0.25) is 0 Å².